The van der Waals surface area contributed by atoms with E-state index in [0.29, 0.717) is 12.2 Å². The summed E-state index contributed by atoms with van der Waals surface area (Å²) < 4.78 is 12.9. The molecule has 0 aromatic heterocycles. The first kappa shape index (κ1) is 15.2. The summed E-state index contributed by atoms with van der Waals surface area (Å²) in [7, 11) is 3.29. The first-order valence-corrected chi connectivity index (χ1v) is 7.68. The van der Waals surface area contributed by atoms with Crippen LogP contribution in [0, 0.1) is 0 Å². The van der Waals surface area contributed by atoms with Crippen molar-refractivity contribution < 1.29 is 19.2 Å². The summed E-state index contributed by atoms with van der Waals surface area (Å²) in [5, 5.41) is 14.4. The highest BCUT2D eigenvalue weighted by atomic mass is 16.5. The normalized spacial score (nSPS) is 25.9. The highest BCUT2D eigenvalue weighted by molar-refractivity contribution is 5.98. The molecule has 5 heteroatoms. The van der Waals surface area contributed by atoms with Crippen molar-refractivity contribution in [2.45, 2.75) is 44.9 Å². The summed E-state index contributed by atoms with van der Waals surface area (Å²) in [5.74, 6) is 2.43. The molecule has 0 saturated carbocycles. The number of nitrogens with zero attached hydrogens (tertiary/aromatic N) is 1. The Hall–Kier alpha value is -1.75. The van der Waals surface area contributed by atoms with E-state index in [9.17, 15) is 5.11 Å². The lowest BCUT2D eigenvalue weighted by Crippen LogP contribution is -2.63. The molecule has 1 aromatic carbocycles. The van der Waals surface area contributed by atoms with Crippen molar-refractivity contribution in [2.75, 3.05) is 20.8 Å². The maximum Gasteiger partial charge on any atom is 0.280 e. The van der Waals surface area contributed by atoms with Gasteiger partial charge in [0.1, 0.15) is 5.54 Å². The molecule has 2 N–H and O–H groups in total. The number of benzene rings is 1. The zero-order valence-corrected chi connectivity index (χ0v) is 14.0. The average molecular weight is 305 g/mol. The molecule has 0 aliphatic carbocycles. The zero-order chi connectivity index (χ0) is 16.1. The third-order valence-corrected chi connectivity index (χ3v) is 4.55. The minimum atomic E-state index is -0.852. The summed E-state index contributed by atoms with van der Waals surface area (Å²) in [6.07, 6.45) is 1.55. The van der Waals surface area contributed by atoms with Crippen LogP contribution in [0.5, 0.6) is 11.5 Å². The number of hydrogen-bond donors (Lipinski definition) is 2. The van der Waals surface area contributed by atoms with Crippen molar-refractivity contribution in [3.8, 4) is 11.5 Å². The van der Waals surface area contributed by atoms with Crippen LogP contribution in [-0.2, 0) is 6.42 Å². The second kappa shape index (κ2) is 4.88. The predicted octanol–water partition coefficient (Wildman–Crippen LogP) is 1.50. The number of aliphatic hydroxyl groups is 1. The minimum Gasteiger partial charge on any atom is -0.493 e. The number of fused-ring (bicyclic) bond motifs is 2. The first-order valence-electron chi connectivity index (χ1n) is 7.68. The molecular weight excluding hydrogens is 280 g/mol. The second-order valence-corrected chi connectivity index (χ2v) is 7.02. The molecular formula is C17H25N2O3+. The van der Waals surface area contributed by atoms with Crippen LogP contribution < -0.4 is 14.8 Å². The molecule has 2 aliphatic heterocycles. The van der Waals surface area contributed by atoms with Gasteiger partial charge in [0, 0.05) is 13.3 Å². The number of amidine groups is 1. The summed E-state index contributed by atoms with van der Waals surface area (Å²) >= 11 is 0. The molecule has 3 rings (SSSR count). The van der Waals surface area contributed by atoms with E-state index in [0.717, 1.165) is 30.1 Å². The molecule has 120 valence electrons. The van der Waals surface area contributed by atoms with E-state index in [-0.39, 0.29) is 5.54 Å². The van der Waals surface area contributed by atoms with Crippen molar-refractivity contribution in [2.24, 2.45) is 0 Å². The van der Waals surface area contributed by atoms with E-state index in [1.54, 1.807) is 14.2 Å². The van der Waals surface area contributed by atoms with Crippen LogP contribution in [0.1, 0.15) is 38.3 Å². The Morgan fingerprint density at radius 2 is 1.77 bits per heavy atom. The number of methoxy groups -OCH3 is 2. The van der Waals surface area contributed by atoms with Gasteiger partial charge in [0.2, 0.25) is 5.72 Å². The van der Waals surface area contributed by atoms with Gasteiger partial charge in [-0.05, 0) is 31.5 Å². The maximum atomic E-state index is 10.9. The molecule has 1 aromatic rings. The van der Waals surface area contributed by atoms with E-state index in [4.69, 9.17) is 9.47 Å². The van der Waals surface area contributed by atoms with Crippen LogP contribution in [0.3, 0.4) is 0 Å². The fourth-order valence-corrected chi connectivity index (χ4v) is 3.75. The van der Waals surface area contributed by atoms with Crippen LogP contribution in [0.25, 0.3) is 0 Å². The Morgan fingerprint density at radius 3 is 2.41 bits per heavy atom. The van der Waals surface area contributed by atoms with Crippen molar-refractivity contribution in [1.82, 2.24) is 5.32 Å². The van der Waals surface area contributed by atoms with E-state index in [1.165, 1.54) is 5.56 Å². The van der Waals surface area contributed by atoms with Crippen LogP contribution >= 0.6 is 0 Å². The third-order valence-electron chi connectivity index (χ3n) is 4.55. The molecule has 1 atom stereocenters. The monoisotopic (exact) mass is 305 g/mol. The fourth-order valence-electron chi connectivity index (χ4n) is 3.75. The van der Waals surface area contributed by atoms with Gasteiger partial charge in [-0.15, -0.1) is 0 Å². The van der Waals surface area contributed by atoms with Crippen LogP contribution in [0.15, 0.2) is 12.1 Å². The fraction of sp³-hybridized carbons (Fsp3) is 0.588. The zero-order valence-electron chi connectivity index (χ0n) is 14.0. The van der Waals surface area contributed by atoms with Crippen molar-refractivity contribution in [1.29, 1.82) is 0 Å². The highest BCUT2D eigenvalue weighted by Crippen LogP contribution is 2.35. The van der Waals surface area contributed by atoms with Crippen LogP contribution in [-0.4, -0.2) is 47.5 Å². The predicted molar refractivity (Wildman–Crippen MR) is 84.9 cm³/mol. The molecule has 5 nitrogen and oxygen atoms in total. The second-order valence-electron chi connectivity index (χ2n) is 7.02. The summed E-state index contributed by atoms with van der Waals surface area (Å²) in [6.45, 7) is 6.90. The summed E-state index contributed by atoms with van der Waals surface area (Å²) in [6, 6.07) is 4.04. The van der Waals surface area contributed by atoms with Gasteiger partial charge in [-0.2, -0.15) is 0 Å². The molecule has 0 saturated heterocycles. The number of hydrogen-bond acceptors (Lipinski definition) is 4. The molecule has 0 spiro atoms. The van der Waals surface area contributed by atoms with Gasteiger partial charge in [0.25, 0.3) is 5.84 Å². The largest absolute Gasteiger partial charge is 0.493 e. The molecule has 2 heterocycles. The SMILES string of the molecule is COc1cc2c(cc1OC)C1=[N+](CC2)[C@@](C)(O)CC(C)(C)N1. The Bertz CT molecular complexity index is 648. The maximum absolute atomic E-state index is 10.9. The van der Waals surface area contributed by atoms with Gasteiger partial charge >= 0.3 is 0 Å². The minimum absolute atomic E-state index is 0.170. The lowest BCUT2D eigenvalue weighted by molar-refractivity contribution is -0.663. The van der Waals surface area contributed by atoms with Crippen LogP contribution in [0.4, 0.5) is 0 Å². The van der Waals surface area contributed by atoms with E-state index < -0.39 is 5.72 Å². The topological polar surface area (TPSA) is 53.7 Å². The van der Waals surface area contributed by atoms with Crippen LogP contribution in [0.2, 0.25) is 0 Å². The lowest BCUT2D eigenvalue weighted by Gasteiger charge is -2.40. The number of ether oxygens (including phenoxy) is 2. The summed E-state index contributed by atoms with van der Waals surface area (Å²) in [4.78, 5) is 0. The van der Waals surface area contributed by atoms with Gasteiger partial charge in [0.05, 0.1) is 32.7 Å². The van der Waals surface area contributed by atoms with Gasteiger partial charge < -0.3 is 14.6 Å². The van der Waals surface area contributed by atoms with Crippen molar-refractivity contribution in [3.63, 3.8) is 0 Å². The standard InChI is InChI=1S/C17H24N2O3/c1-16(2)10-17(3,20)19-7-6-11-8-13(21-4)14(22-5)9-12(11)15(19)18-16/h8-9,20H,6-7,10H2,1-5H3/p+1/t17-/m0/s1. The molecule has 0 radical (unpaired) electrons. The average Bonchev–Trinajstić information content (AvgIpc) is 2.43. The number of rotatable bonds is 2. The van der Waals surface area contributed by atoms with Gasteiger partial charge in [-0.25, -0.2) is 4.58 Å². The Labute approximate surface area is 131 Å². The summed E-state index contributed by atoms with van der Waals surface area (Å²) in [5.41, 5.74) is 1.27. The molecule has 0 bridgehead atoms. The molecule has 0 unspecified atom stereocenters. The third kappa shape index (κ3) is 2.33. The van der Waals surface area contributed by atoms with Gasteiger partial charge in [-0.1, -0.05) is 0 Å². The van der Waals surface area contributed by atoms with Gasteiger partial charge in [0.15, 0.2) is 11.5 Å². The molecule has 22 heavy (non-hydrogen) atoms. The van der Waals surface area contributed by atoms with Crippen molar-refractivity contribution in [3.05, 3.63) is 23.3 Å². The van der Waals surface area contributed by atoms with E-state index >= 15 is 0 Å². The lowest BCUT2D eigenvalue weighted by atomic mass is 9.87. The molecule has 0 amide bonds. The van der Waals surface area contributed by atoms with Gasteiger partial charge in [-0.3, -0.25) is 5.32 Å². The Morgan fingerprint density at radius 1 is 1.14 bits per heavy atom. The van der Waals surface area contributed by atoms with E-state index in [1.807, 2.05) is 19.1 Å². The highest BCUT2D eigenvalue weighted by Gasteiger charge is 2.48. The Balaban J connectivity index is 2.18. The van der Waals surface area contributed by atoms with E-state index in [2.05, 4.69) is 23.7 Å². The first-order chi connectivity index (χ1) is 10.3. The Kier molecular flexibility index (Phi) is 3.36. The van der Waals surface area contributed by atoms with Crippen molar-refractivity contribution >= 4 is 5.84 Å². The molecule has 0 fully saturated rings. The molecule has 2 aliphatic rings. The quantitative estimate of drug-likeness (QED) is 0.813. The number of nitrogens with one attached hydrogen (secondary N) is 1. The smallest absolute Gasteiger partial charge is 0.280 e.